The van der Waals surface area contributed by atoms with Gasteiger partial charge in [-0.25, -0.2) is 4.79 Å². The van der Waals surface area contributed by atoms with Gasteiger partial charge >= 0.3 is 5.63 Å². The fraction of sp³-hybridized carbons (Fsp3) is 0.318. The average Bonchev–Trinajstić information content (AvgIpc) is 2.70. The molecule has 0 saturated carbocycles. The van der Waals surface area contributed by atoms with Crippen LogP contribution in [0.1, 0.15) is 37.9 Å². The van der Waals surface area contributed by atoms with Crippen LogP contribution in [0.2, 0.25) is 0 Å². The summed E-state index contributed by atoms with van der Waals surface area (Å²) in [5.74, 6) is 0.229. The minimum atomic E-state index is -0.698. The van der Waals surface area contributed by atoms with Crippen LogP contribution in [0.4, 0.5) is 0 Å². The minimum absolute atomic E-state index is 0.246. The number of rotatable bonds is 8. The van der Waals surface area contributed by atoms with E-state index in [1.807, 2.05) is 24.3 Å². The Bertz CT molecular complexity index is 998. The lowest BCUT2D eigenvalue weighted by atomic mass is 10.0. The molecular formula is C22H24N2O4. The largest absolute Gasteiger partial charge is 0.481 e. The third kappa shape index (κ3) is 4.97. The Balaban J connectivity index is 1.69. The Morgan fingerprint density at radius 3 is 2.86 bits per heavy atom. The van der Waals surface area contributed by atoms with Crippen LogP contribution in [0.25, 0.3) is 11.0 Å². The van der Waals surface area contributed by atoms with Crippen LogP contribution in [0, 0.1) is 0 Å². The van der Waals surface area contributed by atoms with Crippen molar-refractivity contribution in [3.05, 3.63) is 70.3 Å². The van der Waals surface area contributed by atoms with Crippen LogP contribution in [0.3, 0.4) is 0 Å². The van der Waals surface area contributed by atoms with Gasteiger partial charge < -0.3 is 14.5 Å². The van der Waals surface area contributed by atoms with Crippen molar-refractivity contribution in [3.8, 4) is 5.75 Å². The van der Waals surface area contributed by atoms with Crippen molar-refractivity contribution < 1.29 is 13.9 Å². The molecule has 2 heterocycles. The molecule has 1 amide bonds. The summed E-state index contributed by atoms with van der Waals surface area (Å²) in [6.45, 7) is 4.12. The third-order valence-corrected chi connectivity index (χ3v) is 4.45. The summed E-state index contributed by atoms with van der Waals surface area (Å²) in [6.07, 6.45) is 3.86. The number of hydrogen-bond donors (Lipinski definition) is 1. The van der Waals surface area contributed by atoms with Crippen LogP contribution < -0.4 is 15.7 Å². The number of carbonyl (C=O) groups is 1. The summed E-state index contributed by atoms with van der Waals surface area (Å²) in [5.41, 5.74) is 1.84. The van der Waals surface area contributed by atoms with Crippen molar-refractivity contribution in [3.63, 3.8) is 0 Å². The molecule has 0 aliphatic carbocycles. The van der Waals surface area contributed by atoms with Crippen molar-refractivity contribution in [2.75, 3.05) is 0 Å². The highest BCUT2D eigenvalue weighted by atomic mass is 16.5. The van der Waals surface area contributed by atoms with Crippen LogP contribution in [-0.2, 0) is 17.8 Å². The van der Waals surface area contributed by atoms with Crippen LogP contribution in [0.15, 0.2) is 57.9 Å². The predicted octanol–water partition coefficient (Wildman–Crippen LogP) is 3.61. The standard InChI is InChI=1S/C22H24N2O4/c1-3-4-7-16-12-21(25)28-20-13-18(9-10-19(16)20)27-15(2)22(26)24-14-17-8-5-6-11-23-17/h5-6,8-13,15H,3-4,7,14H2,1-2H3,(H,24,26). The molecule has 1 atom stereocenters. The van der Waals surface area contributed by atoms with Gasteiger partial charge in [-0.15, -0.1) is 0 Å². The molecule has 0 radical (unpaired) electrons. The molecule has 3 aromatic rings. The van der Waals surface area contributed by atoms with Gasteiger partial charge in [-0.1, -0.05) is 19.4 Å². The van der Waals surface area contributed by atoms with E-state index in [1.54, 1.807) is 31.3 Å². The first-order chi connectivity index (χ1) is 13.6. The van der Waals surface area contributed by atoms with Crippen molar-refractivity contribution in [2.45, 2.75) is 45.8 Å². The smallest absolute Gasteiger partial charge is 0.336 e. The third-order valence-electron chi connectivity index (χ3n) is 4.45. The molecule has 1 aromatic carbocycles. The maximum atomic E-state index is 12.3. The van der Waals surface area contributed by atoms with E-state index in [0.29, 0.717) is 17.9 Å². The summed E-state index contributed by atoms with van der Waals surface area (Å²) in [4.78, 5) is 28.3. The van der Waals surface area contributed by atoms with Crippen LogP contribution in [-0.4, -0.2) is 17.0 Å². The SMILES string of the molecule is CCCCc1cc(=O)oc2cc(OC(C)C(=O)NCc3ccccn3)ccc12. The normalized spacial score (nSPS) is 11.9. The zero-order chi connectivity index (χ0) is 19.9. The average molecular weight is 380 g/mol. The Morgan fingerprint density at radius 2 is 2.11 bits per heavy atom. The predicted molar refractivity (Wildman–Crippen MR) is 107 cm³/mol. The van der Waals surface area contributed by atoms with E-state index in [0.717, 1.165) is 35.9 Å². The molecule has 1 N–H and O–H groups in total. The second-order valence-corrected chi connectivity index (χ2v) is 6.65. The lowest BCUT2D eigenvalue weighted by Crippen LogP contribution is -2.36. The fourth-order valence-corrected chi connectivity index (χ4v) is 2.94. The number of benzene rings is 1. The second kappa shape index (κ2) is 9.17. The topological polar surface area (TPSA) is 81.4 Å². The molecule has 1 unspecified atom stereocenters. The number of amides is 1. The second-order valence-electron chi connectivity index (χ2n) is 6.65. The molecule has 0 aliphatic heterocycles. The lowest BCUT2D eigenvalue weighted by Gasteiger charge is -2.15. The van der Waals surface area contributed by atoms with Crippen molar-refractivity contribution >= 4 is 16.9 Å². The van der Waals surface area contributed by atoms with Crippen LogP contribution >= 0.6 is 0 Å². The van der Waals surface area contributed by atoms with E-state index in [9.17, 15) is 9.59 Å². The highest BCUT2D eigenvalue weighted by molar-refractivity contribution is 5.83. The number of aromatic nitrogens is 1. The monoisotopic (exact) mass is 380 g/mol. The Hall–Kier alpha value is -3.15. The molecule has 0 saturated heterocycles. The number of pyridine rings is 1. The number of ether oxygens (including phenoxy) is 1. The molecule has 2 aromatic heterocycles. The van der Waals surface area contributed by atoms with Gasteiger partial charge in [-0.3, -0.25) is 9.78 Å². The van der Waals surface area contributed by atoms with Gasteiger partial charge in [0.05, 0.1) is 12.2 Å². The minimum Gasteiger partial charge on any atom is -0.481 e. The molecule has 28 heavy (non-hydrogen) atoms. The number of nitrogens with one attached hydrogen (secondary N) is 1. The van der Waals surface area contributed by atoms with E-state index >= 15 is 0 Å². The number of nitrogens with zero attached hydrogens (tertiary/aromatic N) is 1. The first kappa shape index (κ1) is 19.6. The zero-order valence-corrected chi connectivity index (χ0v) is 16.1. The molecule has 0 aliphatic rings. The number of carbonyl (C=O) groups excluding carboxylic acids is 1. The number of fused-ring (bicyclic) bond motifs is 1. The first-order valence-electron chi connectivity index (χ1n) is 9.48. The van der Waals surface area contributed by atoms with Gasteiger partial charge in [-0.2, -0.15) is 0 Å². The van der Waals surface area contributed by atoms with Crippen molar-refractivity contribution in [2.24, 2.45) is 0 Å². The molecular weight excluding hydrogens is 356 g/mol. The molecule has 6 heteroatoms. The van der Waals surface area contributed by atoms with Gasteiger partial charge in [0.2, 0.25) is 0 Å². The Kier molecular flexibility index (Phi) is 6.42. The molecule has 0 fully saturated rings. The lowest BCUT2D eigenvalue weighted by molar-refractivity contribution is -0.127. The van der Waals surface area contributed by atoms with Crippen molar-refractivity contribution in [1.82, 2.24) is 10.3 Å². The van der Waals surface area contributed by atoms with E-state index < -0.39 is 6.10 Å². The molecule has 0 bridgehead atoms. The summed E-state index contributed by atoms with van der Waals surface area (Å²) >= 11 is 0. The summed E-state index contributed by atoms with van der Waals surface area (Å²) in [7, 11) is 0. The van der Waals surface area contributed by atoms with Crippen molar-refractivity contribution in [1.29, 1.82) is 0 Å². The molecule has 6 nitrogen and oxygen atoms in total. The Morgan fingerprint density at radius 1 is 1.25 bits per heavy atom. The van der Waals surface area contributed by atoms with Crippen LogP contribution in [0.5, 0.6) is 5.75 Å². The number of unbranched alkanes of at least 4 members (excludes halogenated alkanes) is 1. The quantitative estimate of drug-likeness (QED) is 0.604. The summed E-state index contributed by atoms with van der Waals surface area (Å²) in [6, 6.07) is 12.4. The van der Waals surface area contributed by atoms with E-state index in [4.69, 9.17) is 9.15 Å². The highest BCUT2D eigenvalue weighted by Gasteiger charge is 2.15. The Labute approximate surface area is 163 Å². The molecule has 3 rings (SSSR count). The summed E-state index contributed by atoms with van der Waals surface area (Å²) in [5, 5.41) is 3.69. The van der Waals surface area contributed by atoms with Gasteiger partial charge in [0.25, 0.3) is 5.91 Å². The number of hydrogen-bond acceptors (Lipinski definition) is 5. The molecule has 0 spiro atoms. The molecule has 146 valence electrons. The zero-order valence-electron chi connectivity index (χ0n) is 16.1. The van der Waals surface area contributed by atoms with Gasteiger partial charge in [0.1, 0.15) is 11.3 Å². The van der Waals surface area contributed by atoms with Gasteiger partial charge in [-0.05, 0) is 49.6 Å². The van der Waals surface area contributed by atoms with E-state index in [2.05, 4.69) is 17.2 Å². The maximum absolute atomic E-state index is 12.3. The van der Waals surface area contributed by atoms with E-state index in [1.165, 1.54) is 0 Å². The fourth-order valence-electron chi connectivity index (χ4n) is 2.94. The number of aryl methyl sites for hydroxylation is 1. The van der Waals surface area contributed by atoms with Gasteiger partial charge in [0.15, 0.2) is 6.10 Å². The maximum Gasteiger partial charge on any atom is 0.336 e. The first-order valence-corrected chi connectivity index (χ1v) is 9.48. The highest BCUT2D eigenvalue weighted by Crippen LogP contribution is 2.24. The van der Waals surface area contributed by atoms with E-state index in [-0.39, 0.29) is 11.5 Å². The van der Waals surface area contributed by atoms with Gasteiger partial charge in [0, 0.05) is 23.7 Å². The summed E-state index contributed by atoms with van der Waals surface area (Å²) < 4.78 is 11.1.